The smallest absolute Gasteiger partial charge is 0.261 e. The minimum atomic E-state index is 1.01. The SMILES string of the molecule is O=C=NN1N=CC=CN1. The Kier molecular flexibility index (Phi) is 1.62. The first-order chi connectivity index (χ1) is 4.43. The molecule has 0 saturated carbocycles. The zero-order valence-electron chi connectivity index (χ0n) is 4.48. The highest BCUT2D eigenvalue weighted by molar-refractivity contribution is 5.71. The van der Waals surface area contributed by atoms with Crippen molar-refractivity contribution < 1.29 is 4.79 Å². The lowest BCUT2D eigenvalue weighted by Crippen LogP contribution is -2.25. The fourth-order valence-electron chi connectivity index (χ4n) is 0.381. The van der Waals surface area contributed by atoms with Crippen LogP contribution in [0.25, 0.3) is 0 Å². The number of hydrazone groups is 2. The zero-order valence-corrected chi connectivity index (χ0v) is 4.48. The van der Waals surface area contributed by atoms with E-state index in [-0.39, 0.29) is 0 Å². The van der Waals surface area contributed by atoms with Gasteiger partial charge in [-0.1, -0.05) is 5.23 Å². The molecule has 0 radical (unpaired) electrons. The van der Waals surface area contributed by atoms with Crippen LogP contribution in [0.15, 0.2) is 22.5 Å². The molecule has 1 aliphatic heterocycles. The third kappa shape index (κ3) is 1.40. The van der Waals surface area contributed by atoms with Gasteiger partial charge in [-0.15, -0.1) is 5.10 Å². The molecular weight excluding hydrogens is 120 g/mol. The van der Waals surface area contributed by atoms with E-state index in [1.807, 2.05) is 0 Å². The van der Waals surface area contributed by atoms with Crippen LogP contribution in [-0.2, 0) is 4.79 Å². The molecule has 0 unspecified atom stereocenters. The lowest BCUT2D eigenvalue weighted by molar-refractivity contribution is 0.242. The molecule has 9 heavy (non-hydrogen) atoms. The molecule has 1 rings (SSSR count). The second-order valence-corrected chi connectivity index (χ2v) is 1.23. The van der Waals surface area contributed by atoms with Gasteiger partial charge in [0, 0.05) is 6.20 Å². The molecule has 0 aliphatic carbocycles. The summed E-state index contributed by atoms with van der Waals surface area (Å²) in [6.45, 7) is 0. The summed E-state index contributed by atoms with van der Waals surface area (Å²) in [6.07, 6.45) is 6.09. The molecule has 0 aromatic rings. The summed E-state index contributed by atoms with van der Waals surface area (Å²) in [5, 5.41) is 7.76. The number of rotatable bonds is 1. The van der Waals surface area contributed by atoms with Gasteiger partial charge in [0.05, 0.1) is 6.21 Å². The highest BCUT2D eigenvalue weighted by Crippen LogP contribution is 1.86. The number of isocyanates is 1. The Morgan fingerprint density at radius 1 is 1.78 bits per heavy atom. The second kappa shape index (κ2) is 2.64. The largest absolute Gasteiger partial charge is 0.268 e. The normalized spacial score (nSPS) is 14.4. The van der Waals surface area contributed by atoms with Gasteiger partial charge in [-0.3, -0.25) is 5.43 Å². The van der Waals surface area contributed by atoms with E-state index in [0.717, 1.165) is 5.23 Å². The van der Waals surface area contributed by atoms with Crippen molar-refractivity contribution in [3.8, 4) is 0 Å². The van der Waals surface area contributed by atoms with Crippen molar-refractivity contribution in [2.45, 2.75) is 0 Å². The third-order valence-electron chi connectivity index (χ3n) is 0.684. The minimum Gasteiger partial charge on any atom is -0.268 e. The molecule has 0 aromatic carbocycles. The molecular formula is C4H4N4O. The van der Waals surface area contributed by atoms with E-state index in [1.54, 1.807) is 12.3 Å². The van der Waals surface area contributed by atoms with Crippen LogP contribution in [0, 0.1) is 0 Å². The monoisotopic (exact) mass is 124 g/mol. The summed E-state index contributed by atoms with van der Waals surface area (Å²) < 4.78 is 0. The first-order valence-corrected chi connectivity index (χ1v) is 2.26. The summed E-state index contributed by atoms with van der Waals surface area (Å²) in [7, 11) is 0. The van der Waals surface area contributed by atoms with Crippen molar-refractivity contribution in [2.24, 2.45) is 10.2 Å². The number of hydrogen-bond acceptors (Lipinski definition) is 5. The highest BCUT2D eigenvalue weighted by atomic mass is 16.1. The topological polar surface area (TPSA) is 57.1 Å². The summed E-state index contributed by atoms with van der Waals surface area (Å²) in [6, 6.07) is 0. The molecule has 1 heterocycles. The van der Waals surface area contributed by atoms with Crippen molar-refractivity contribution in [2.75, 3.05) is 0 Å². The first-order valence-electron chi connectivity index (χ1n) is 2.26. The van der Waals surface area contributed by atoms with Crippen LogP contribution in [-0.4, -0.2) is 17.5 Å². The molecule has 0 aromatic heterocycles. The van der Waals surface area contributed by atoms with Crippen LogP contribution in [0.2, 0.25) is 0 Å². The van der Waals surface area contributed by atoms with Gasteiger partial charge in [0.1, 0.15) is 0 Å². The van der Waals surface area contributed by atoms with Gasteiger partial charge in [-0.25, -0.2) is 4.79 Å². The molecule has 5 nitrogen and oxygen atoms in total. The molecule has 5 heteroatoms. The number of carbonyl (C=O) groups excluding carboxylic acids is 1. The molecule has 46 valence electrons. The van der Waals surface area contributed by atoms with Crippen molar-refractivity contribution in [3.63, 3.8) is 0 Å². The van der Waals surface area contributed by atoms with Gasteiger partial charge in [0.2, 0.25) is 0 Å². The Labute approximate surface area is 51.3 Å². The summed E-state index contributed by atoms with van der Waals surface area (Å²) in [5.74, 6) is 0. The molecule has 1 N–H and O–H groups in total. The van der Waals surface area contributed by atoms with E-state index in [9.17, 15) is 4.79 Å². The van der Waals surface area contributed by atoms with Gasteiger partial charge < -0.3 is 0 Å². The maximum atomic E-state index is 9.60. The van der Waals surface area contributed by atoms with Crippen molar-refractivity contribution in [1.82, 2.24) is 10.7 Å². The predicted octanol–water partition coefficient (Wildman–Crippen LogP) is -0.443. The lowest BCUT2D eigenvalue weighted by atomic mass is 10.7. The van der Waals surface area contributed by atoms with Crippen LogP contribution in [0.1, 0.15) is 0 Å². The average molecular weight is 124 g/mol. The van der Waals surface area contributed by atoms with E-state index in [1.165, 1.54) is 12.3 Å². The standard InChI is InChI=1S/C4H4N4O/c9-4-7-8-5-2-1-3-6-8/h1-3,5H. The number of allylic oxidation sites excluding steroid dienone is 1. The molecule has 1 aliphatic rings. The zero-order chi connectivity index (χ0) is 6.53. The Morgan fingerprint density at radius 3 is 3.22 bits per heavy atom. The van der Waals surface area contributed by atoms with Crippen molar-refractivity contribution in [1.29, 1.82) is 0 Å². The van der Waals surface area contributed by atoms with Gasteiger partial charge in [0.15, 0.2) is 0 Å². The Hall–Kier alpha value is -1.61. The Bertz CT molecular complexity index is 191. The van der Waals surface area contributed by atoms with Crippen LogP contribution in [0.4, 0.5) is 0 Å². The fourth-order valence-corrected chi connectivity index (χ4v) is 0.381. The van der Waals surface area contributed by atoms with E-state index in [4.69, 9.17) is 0 Å². The summed E-state index contributed by atoms with van der Waals surface area (Å²) in [5.41, 5.74) is 2.55. The van der Waals surface area contributed by atoms with Gasteiger partial charge >= 0.3 is 0 Å². The minimum absolute atomic E-state index is 1.01. The Morgan fingerprint density at radius 2 is 2.67 bits per heavy atom. The molecule has 0 bridgehead atoms. The van der Waals surface area contributed by atoms with E-state index in [2.05, 4.69) is 15.6 Å². The molecule has 0 atom stereocenters. The predicted molar refractivity (Wildman–Crippen MR) is 30.7 cm³/mol. The van der Waals surface area contributed by atoms with Gasteiger partial charge in [-0.2, -0.15) is 0 Å². The molecule has 0 fully saturated rings. The molecule has 0 saturated heterocycles. The van der Waals surface area contributed by atoms with Crippen LogP contribution in [0.3, 0.4) is 0 Å². The highest BCUT2D eigenvalue weighted by Gasteiger charge is 1.92. The average Bonchev–Trinajstić information content (AvgIpc) is 1.91. The van der Waals surface area contributed by atoms with Gasteiger partial charge in [0.25, 0.3) is 6.08 Å². The van der Waals surface area contributed by atoms with E-state index in [0.29, 0.717) is 0 Å². The third-order valence-corrected chi connectivity index (χ3v) is 0.684. The quantitative estimate of drug-likeness (QED) is 0.380. The maximum absolute atomic E-state index is 9.60. The van der Waals surface area contributed by atoms with Crippen molar-refractivity contribution >= 4 is 12.3 Å². The first kappa shape index (κ1) is 5.53. The molecule has 0 amide bonds. The maximum Gasteiger partial charge on any atom is 0.261 e. The lowest BCUT2D eigenvalue weighted by Gasteiger charge is -2.10. The van der Waals surface area contributed by atoms with E-state index >= 15 is 0 Å². The summed E-state index contributed by atoms with van der Waals surface area (Å²) in [4.78, 5) is 9.60. The van der Waals surface area contributed by atoms with E-state index < -0.39 is 0 Å². The molecule has 0 spiro atoms. The van der Waals surface area contributed by atoms with Crippen LogP contribution in [0.5, 0.6) is 0 Å². The van der Waals surface area contributed by atoms with Crippen LogP contribution < -0.4 is 5.43 Å². The number of nitrogens with zero attached hydrogens (tertiary/aromatic N) is 3. The second-order valence-electron chi connectivity index (χ2n) is 1.23. The fraction of sp³-hybridized carbons (Fsp3) is 0. The Balaban J connectivity index is 2.55. The number of hydrazine groups is 1. The number of hydrogen-bond donors (Lipinski definition) is 1. The van der Waals surface area contributed by atoms with Crippen LogP contribution >= 0.6 is 0 Å². The number of nitrogens with one attached hydrogen (secondary N) is 1. The van der Waals surface area contributed by atoms with Crippen molar-refractivity contribution in [3.05, 3.63) is 12.3 Å². The van der Waals surface area contributed by atoms with Gasteiger partial charge in [-0.05, 0) is 11.2 Å². The summed E-state index contributed by atoms with van der Waals surface area (Å²) >= 11 is 0.